The zero-order valence-corrected chi connectivity index (χ0v) is 23.5. The normalized spacial score (nSPS) is 45.6. The Bertz CT molecular complexity index is 752. The quantitative estimate of drug-likeness (QED) is 0.0646. The van der Waals surface area contributed by atoms with Crippen molar-refractivity contribution >= 4 is 12.6 Å². The van der Waals surface area contributed by atoms with Gasteiger partial charge < -0.3 is 79.1 Å². The van der Waals surface area contributed by atoms with E-state index in [4.69, 9.17) is 33.2 Å². The van der Waals surface area contributed by atoms with Crippen LogP contribution in [-0.2, 0) is 33.2 Å². The average molecular weight is 621 g/mol. The molecular weight excluding hydrogens is 576 g/mol. The van der Waals surface area contributed by atoms with Crippen LogP contribution >= 0.6 is 12.6 Å². The molecule has 3 aliphatic rings. The van der Waals surface area contributed by atoms with Crippen LogP contribution in [0.25, 0.3) is 0 Å². The number of hydrogen-bond donors (Lipinski definition) is 10. The maximum absolute atomic E-state index is 11.2. The van der Waals surface area contributed by atoms with Crippen LogP contribution in [0.15, 0.2) is 0 Å². The number of methoxy groups -OCH3 is 1. The molecule has 242 valence electrons. The molecule has 0 amide bonds. The van der Waals surface area contributed by atoms with Gasteiger partial charge in [0.2, 0.25) is 0 Å². The van der Waals surface area contributed by atoms with E-state index in [1.165, 1.54) is 7.11 Å². The molecule has 0 aromatic rings. The number of thiol groups is 1. The molecule has 9 N–H and O–H groups in total. The molecule has 9 unspecified atom stereocenters. The molecule has 0 aromatic carbocycles. The molecule has 3 fully saturated rings. The van der Waals surface area contributed by atoms with Crippen LogP contribution in [0, 0.1) is 0 Å². The van der Waals surface area contributed by atoms with E-state index in [1.807, 2.05) is 0 Å². The molecule has 3 heterocycles. The predicted molar refractivity (Wildman–Crippen MR) is 137 cm³/mol. The summed E-state index contributed by atoms with van der Waals surface area (Å²) in [6, 6.07) is 0. The van der Waals surface area contributed by atoms with Crippen molar-refractivity contribution in [2.45, 2.75) is 111 Å². The van der Waals surface area contributed by atoms with E-state index in [0.717, 1.165) is 12.8 Å². The van der Waals surface area contributed by atoms with Gasteiger partial charge >= 0.3 is 0 Å². The minimum absolute atomic E-state index is 0.205. The van der Waals surface area contributed by atoms with Gasteiger partial charge in [0.05, 0.1) is 19.8 Å². The van der Waals surface area contributed by atoms with Crippen LogP contribution in [0.2, 0.25) is 0 Å². The van der Waals surface area contributed by atoms with Gasteiger partial charge in [0.15, 0.2) is 18.9 Å². The van der Waals surface area contributed by atoms with Gasteiger partial charge in [0.1, 0.15) is 73.2 Å². The Morgan fingerprint density at radius 1 is 0.561 bits per heavy atom. The van der Waals surface area contributed by atoms with Crippen molar-refractivity contribution < 1.29 is 79.1 Å². The second-order valence-electron chi connectivity index (χ2n) is 10.2. The molecule has 0 radical (unpaired) electrons. The molecule has 0 spiro atoms. The number of rotatable bonds is 14. The fraction of sp³-hybridized carbons (Fsp3) is 1.00. The molecule has 15 atom stereocenters. The summed E-state index contributed by atoms with van der Waals surface area (Å²) in [4.78, 5) is 0. The number of hydrogen-bond acceptors (Lipinski definition) is 17. The lowest BCUT2D eigenvalue weighted by Gasteiger charge is -2.48. The van der Waals surface area contributed by atoms with Gasteiger partial charge in [-0.25, -0.2) is 0 Å². The first-order valence-corrected chi connectivity index (χ1v) is 14.2. The highest BCUT2D eigenvalue weighted by Crippen LogP contribution is 2.33. The Kier molecular flexibility index (Phi) is 14.3. The molecule has 0 bridgehead atoms. The van der Waals surface area contributed by atoms with Crippen LogP contribution in [0.4, 0.5) is 0 Å². The molecule has 0 saturated carbocycles. The van der Waals surface area contributed by atoms with E-state index >= 15 is 0 Å². The second-order valence-corrected chi connectivity index (χ2v) is 10.6. The maximum Gasteiger partial charge on any atom is 0.187 e. The predicted octanol–water partition coefficient (Wildman–Crippen LogP) is -4.79. The van der Waals surface area contributed by atoms with Gasteiger partial charge in [-0.2, -0.15) is 12.6 Å². The van der Waals surface area contributed by atoms with Gasteiger partial charge in [-0.3, -0.25) is 0 Å². The Morgan fingerprint density at radius 2 is 1.10 bits per heavy atom. The van der Waals surface area contributed by atoms with Crippen LogP contribution in [0.1, 0.15) is 19.3 Å². The van der Waals surface area contributed by atoms with Crippen molar-refractivity contribution in [1.29, 1.82) is 0 Å². The lowest BCUT2D eigenvalue weighted by atomic mass is 9.96. The van der Waals surface area contributed by atoms with E-state index in [1.54, 1.807) is 0 Å². The Morgan fingerprint density at radius 3 is 1.71 bits per heavy atom. The second kappa shape index (κ2) is 16.7. The summed E-state index contributed by atoms with van der Waals surface area (Å²) < 4.78 is 39.1. The minimum atomic E-state index is -1.80. The van der Waals surface area contributed by atoms with Crippen LogP contribution in [0.3, 0.4) is 0 Å². The molecule has 16 nitrogen and oxygen atoms in total. The van der Waals surface area contributed by atoms with E-state index < -0.39 is 112 Å². The smallest absolute Gasteiger partial charge is 0.187 e. The molecular formula is C24H44O16S. The van der Waals surface area contributed by atoms with Gasteiger partial charge in [-0.05, 0) is 18.6 Å². The zero-order chi connectivity index (χ0) is 30.3. The molecule has 3 rings (SSSR count). The van der Waals surface area contributed by atoms with Crippen molar-refractivity contribution in [2.24, 2.45) is 0 Å². The topological polar surface area (TPSA) is 247 Å². The lowest BCUT2D eigenvalue weighted by molar-refractivity contribution is -0.382. The van der Waals surface area contributed by atoms with Crippen molar-refractivity contribution in [3.05, 3.63) is 0 Å². The third kappa shape index (κ3) is 8.25. The lowest BCUT2D eigenvalue weighted by Crippen LogP contribution is -2.67. The highest BCUT2D eigenvalue weighted by atomic mass is 32.1. The van der Waals surface area contributed by atoms with Gasteiger partial charge in [0, 0.05) is 13.7 Å². The summed E-state index contributed by atoms with van der Waals surface area (Å²) >= 11 is 4.15. The standard InChI is InChI=1S/C24H44O16S/c1-34-19-12(9-27)38-24(18(33)21(19)40-23-16(31)15(30)13(28)10(7-25)37-23)39-20-14(29)11(8-26)36-22(17(20)32)35-5-3-2-4-6-41/h10-33,41H,2-9H2,1H3/t10?,11?,12?,13-,14-,15?,16?,17?,18?,19-,20?,21?,22+,23-,24-/m1/s1. The van der Waals surface area contributed by atoms with Crippen molar-refractivity contribution in [3.63, 3.8) is 0 Å². The third-order valence-electron chi connectivity index (χ3n) is 7.40. The summed E-state index contributed by atoms with van der Waals surface area (Å²) in [5.41, 5.74) is 0. The van der Waals surface area contributed by atoms with E-state index in [-0.39, 0.29) is 6.61 Å². The van der Waals surface area contributed by atoms with Crippen molar-refractivity contribution in [2.75, 3.05) is 39.3 Å². The summed E-state index contributed by atoms with van der Waals surface area (Å²) in [6.45, 7) is -1.81. The fourth-order valence-corrected chi connectivity index (χ4v) is 5.25. The van der Waals surface area contributed by atoms with E-state index in [2.05, 4.69) is 12.6 Å². The van der Waals surface area contributed by atoms with Crippen molar-refractivity contribution in [1.82, 2.24) is 0 Å². The van der Waals surface area contributed by atoms with Crippen molar-refractivity contribution in [3.8, 4) is 0 Å². The highest BCUT2D eigenvalue weighted by Gasteiger charge is 2.54. The first kappa shape index (κ1) is 35.2. The molecule has 17 heteroatoms. The van der Waals surface area contributed by atoms with Gasteiger partial charge in [-0.15, -0.1) is 0 Å². The van der Waals surface area contributed by atoms with Gasteiger partial charge in [0.25, 0.3) is 0 Å². The first-order chi connectivity index (χ1) is 19.6. The Balaban J connectivity index is 1.77. The molecule has 0 aromatic heterocycles. The summed E-state index contributed by atoms with van der Waals surface area (Å²) in [5.74, 6) is 0.709. The minimum Gasteiger partial charge on any atom is -0.394 e. The van der Waals surface area contributed by atoms with Crippen LogP contribution in [-0.4, -0.2) is 177 Å². The highest BCUT2D eigenvalue weighted by molar-refractivity contribution is 7.80. The Hall–Kier alpha value is -0.290. The molecule has 3 aliphatic heterocycles. The summed E-state index contributed by atoms with van der Waals surface area (Å²) in [5, 5.41) is 92.7. The zero-order valence-electron chi connectivity index (χ0n) is 22.6. The number of aliphatic hydroxyl groups is 9. The van der Waals surface area contributed by atoms with E-state index in [0.29, 0.717) is 12.2 Å². The SMILES string of the molecule is CO[C@@H]1C(CO)O[C@H](OC2C(O)[C@@H](OCCCCCS)OC(CO)[C@H]2O)C(O)C1O[C@H]1OC(CO)[C@@H](O)C(O)C1O. The van der Waals surface area contributed by atoms with Crippen LogP contribution in [0.5, 0.6) is 0 Å². The monoisotopic (exact) mass is 620 g/mol. The average Bonchev–Trinajstić information content (AvgIpc) is 2.97. The summed E-state index contributed by atoms with van der Waals surface area (Å²) in [7, 11) is 1.24. The number of ether oxygens (including phenoxy) is 7. The maximum atomic E-state index is 11.2. The molecule has 41 heavy (non-hydrogen) atoms. The number of aliphatic hydroxyl groups excluding tert-OH is 9. The largest absolute Gasteiger partial charge is 0.394 e. The Labute approximate surface area is 242 Å². The number of unbranched alkanes of at least 4 members (excludes halogenated alkanes) is 2. The van der Waals surface area contributed by atoms with E-state index in [9.17, 15) is 46.0 Å². The van der Waals surface area contributed by atoms with Gasteiger partial charge in [-0.1, -0.05) is 6.42 Å². The fourth-order valence-electron chi connectivity index (χ4n) is 5.03. The van der Waals surface area contributed by atoms with Crippen LogP contribution < -0.4 is 0 Å². The molecule has 0 aliphatic carbocycles. The summed E-state index contributed by atoms with van der Waals surface area (Å²) in [6.07, 6.45) is -20.3. The first-order valence-electron chi connectivity index (χ1n) is 13.6. The molecule has 3 saturated heterocycles. The third-order valence-corrected chi connectivity index (χ3v) is 7.72.